The van der Waals surface area contributed by atoms with Crippen LogP contribution in [-0.4, -0.2) is 25.8 Å². The molecule has 0 spiro atoms. The van der Waals surface area contributed by atoms with Crippen LogP contribution in [0, 0.1) is 5.92 Å². The van der Waals surface area contributed by atoms with Crippen molar-refractivity contribution >= 4 is 0 Å². The van der Waals surface area contributed by atoms with Gasteiger partial charge in [0.15, 0.2) is 0 Å². The molecule has 1 aromatic carbocycles. The van der Waals surface area contributed by atoms with Crippen LogP contribution in [0.2, 0.25) is 0 Å². The quantitative estimate of drug-likeness (QED) is 0.187. The first-order valence-corrected chi connectivity index (χ1v) is 10.7. The Morgan fingerprint density at radius 1 is 0.704 bits per heavy atom. The van der Waals surface area contributed by atoms with E-state index in [4.69, 9.17) is 14.2 Å². The van der Waals surface area contributed by atoms with Crippen molar-refractivity contribution < 1.29 is 14.2 Å². The van der Waals surface area contributed by atoms with E-state index in [1.807, 2.05) is 63.2 Å². The van der Waals surface area contributed by atoms with Gasteiger partial charge >= 0.3 is 0 Å². The third-order valence-corrected chi connectivity index (χ3v) is 4.31. The minimum absolute atomic E-state index is 0.0727. The lowest BCUT2D eigenvalue weighted by molar-refractivity contribution is -0.395. The fourth-order valence-electron chi connectivity index (χ4n) is 3.02. The van der Waals surface area contributed by atoms with Crippen LogP contribution in [0.25, 0.3) is 0 Å². The molecular weight excluding hydrogens is 336 g/mol. The molecule has 1 rings (SSSR count). The Kier molecular flexibility index (Phi) is 17.4. The summed E-state index contributed by atoms with van der Waals surface area (Å²) in [5, 5.41) is 0. The highest BCUT2D eigenvalue weighted by Gasteiger charge is 2.40. The summed E-state index contributed by atoms with van der Waals surface area (Å²) in [7, 11) is 0. The van der Waals surface area contributed by atoms with Gasteiger partial charge in [-0.2, -0.15) is 0 Å². The molecule has 0 amide bonds. The van der Waals surface area contributed by atoms with Crippen molar-refractivity contribution in [3.63, 3.8) is 0 Å². The van der Waals surface area contributed by atoms with Gasteiger partial charge in [-0.05, 0) is 27.2 Å². The summed E-state index contributed by atoms with van der Waals surface area (Å²) in [5.74, 6) is -0.882. The zero-order valence-electron chi connectivity index (χ0n) is 18.1. The molecule has 1 aromatic rings. The molecule has 3 nitrogen and oxygen atoms in total. The number of ether oxygens (including phenoxy) is 3. The van der Waals surface area contributed by atoms with Crippen LogP contribution < -0.4 is 0 Å². The number of unbranched alkanes of at least 4 members (excludes halogenated alkanes) is 5. The van der Waals surface area contributed by atoms with E-state index in [2.05, 4.69) is 13.5 Å². The molecule has 3 heteroatoms. The van der Waals surface area contributed by atoms with Gasteiger partial charge in [-0.3, -0.25) is 0 Å². The summed E-state index contributed by atoms with van der Waals surface area (Å²) in [6.07, 6.45) is 10.6. The first kappa shape index (κ1) is 25.8. The Morgan fingerprint density at radius 2 is 1.11 bits per heavy atom. The van der Waals surface area contributed by atoms with Crippen LogP contribution in [0.3, 0.4) is 0 Å². The lowest BCUT2D eigenvalue weighted by atomic mass is 9.97. The van der Waals surface area contributed by atoms with Crippen molar-refractivity contribution in [2.45, 2.75) is 78.6 Å². The van der Waals surface area contributed by atoms with Gasteiger partial charge in [-0.25, -0.2) is 0 Å². The first-order valence-electron chi connectivity index (χ1n) is 10.7. The summed E-state index contributed by atoms with van der Waals surface area (Å²) in [6.45, 7) is 13.8. The molecule has 0 aliphatic rings. The van der Waals surface area contributed by atoms with Crippen LogP contribution in [0.5, 0.6) is 0 Å². The van der Waals surface area contributed by atoms with E-state index in [9.17, 15) is 0 Å². The molecule has 0 heterocycles. The van der Waals surface area contributed by atoms with Gasteiger partial charge in [-0.15, -0.1) is 6.58 Å². The predicted molar refractivity (Wildman–Crippen MR) is 116 cm³/mol. The van der Waals surface area contributed by atoms with Gasteiger partial charge in [0, 0.05) is 19.8 Å². The predicted octanol–water partition coefficient (Wildman–Crippen LogP) is 6.99. The molecule has 0 N–H and O–H groups in total. The Morgan fingerprint density at radius 3 is 1.48 bits per heavy atom. The third kappa shape index (κ3) is 12.0. The van der Waals surface area contributed by atoms with E-state index < -0.39 is 5.97 Å². The molecule has 27 heavy (non-hydrogen) atoms. The van der Waals surface area contributed by atoms with Gasteiger partial charge in [0.05, 0.1) is 5.92 Å². The topological polar surface area (TPSA) is 27.7 Å². The smallest absolute Gasteiger partial charge is 0.289 e. The van der Waals surface area contributed by atoms with Crippen molar-refractivity contribution in [1.29, 1.82) is 0 Å². The maximum Gasteiger partial charge on any atom is 0.289 e. The van der Waals surface area contributed by atoms with Crippen LogP contribution in [0.4, 0.5) is 0 Å². The summed E-state index contributed by atoms with van der Waals surface area (Å²) < 4.78 is 17.5. The zero-order chi connectivity index (χ0) is 20.2. The first-order chi connectivity index (χ1) is 13.2. The minimum Gasteiger partial charge on any atom is -0.327 e. The summed E-state index contributed by atoms with van der Waals surface area (Å²) in [5.41, 5.74) is 0. The van der Waals surface area contributed by atoms with Gasteiger partial charge in [0.2, 0.25) is 0 Å². The fraction of sp³-hybridized carbons (Fsp3) is 0.667. The molecule has 0 bridgehead atoms. The van der Waals surface area contributed by atoms with Crippen molar-refractivity contribution in [3.8, 4) is 0 Å². The van der Waals surface area contributed by atoms with Gasteiger partial charge in [-0.1, -0.05) is 87.9 Å². The van der Waals surface area contributed by atoms with E-state index in [-0.39, 0.29) is 5.92 Å². The minimum atomic E-state index is -0.955. The summed E-state index contributed by atoms with van der Waals surface area (Å²) >= 11 is 0. The van der Waals surface area contributed by atoms with Gasteiger partial charge in [0.25, 0.3) is 5.97 Å². The highest BCUT2D eigenvalue weighted by atomic mass is 16.9. The fourth-order valence-corrected chi connectivity index (χ4v) is 3.02. The highest BCUT2D eigenvalue weighted by Crippen LogP contribution is 2.31. The molecule has 1 unspecified atom stereocenters. The normalized spacial score (nSPS) is 12.1. The van der Waals surface area contributed by atoms with E-state index in [1.165, 1.54) is 32.1 Å². The Bertz CT molecular complexity index is 375. The van der Waals surface area contributed by atoms with Crippen LogP contribution >= 0.6 is 0 Å². The monoisotopic (exact) mass is 378 g/mol. The molecule has 0 aliphatic heterocycles. The van der Waals surface area contributed by atoms with Crippen LogP contribution in [0.15, 0.2) is 49.1 Å². The van der Waals surface area contributed by atoms with Crippen molar-refractivity contribution in [1.82, 2.24) is 0 Å². The van der Waals surface area contributed by atoms with E-state index >= 15 is 0 Å². The van der Waals surface area contributed by atoms with Crippen LogP contribution in [-0.2, 0) is 14.2 Å². The number of hydrogen-bond acceptors (Lipinski definition) is 3. The maximum absolute atomic E-state index is 5.84. The zero-order valence-corrected chi connectivity index (χ0v) is 18.1. The average Bonchev–Trinajstić information content (AvgIpc) is 2.70. The Balaban J connectivity index is 0.000000941. The largest absolute Gasteiger partial charge is 0.327 e. The second-order valence-electron chi connectivity index (χ2n) is 6.46. The lowest BCUT2D eigenvalue weighted by Crippen LogP contribution is -2.46. The molecular formula is C24H42O3. The number of rotatable bonds is 15. The molecule has 0 radical (unpaired) electrons. The van der Waals surface area contributed by atoms with Gasteiger partial charge in [0.1, 0.15) is 0 Å². The van der Waals surface area contributed by atoms with E-state index in [0.717, 1.165) is 12.8 Å². The number of benzene rings is 1. The standard InChI is InChI=1S/C18H36O3.C6H6/c1-6-11-12-13-14-15-16-17(7-2)18(19-8-3,20-9-4)21-10-5;1-2-4-6-5-3-1/h7,17H,2,6,8-16H2,1,3-5H3;1-6H. The highest BCUT2D eigenvalue weighted by molar-refractivity contribution is 4.99. The van der Waals surface area contributed by atoms with Gasteiger partial charge < -0.3 is 14.2 Å². The molecule has 0 aliphatic carbocycles. The molecule has 0 aromatic heterocycles. The molecule has 156 valence electrons. The molecule has 0 saturated heterocycles. The van der Waals surface area contributed by atoms with E-state index in [1.54, 1.807) is 0 Å². The molecule has 0 fully saturated rings. The lowest BCUT2D eigenvalue weighted by Gasteiger charge is -2.37. The maximum atomic E-state index is 5.84. The van der Waals surface area contributed by atoms with Crippen molar-refractivity contribution in [3.05, 3.63) is 49.1 Å². The SMILES string of the molecule is C=CC(CCCCCCCC)C(OCC)(OCC)OCC.c1ccccc1. The summed E-state index contributed by atoms with van der Waals surface area (Å²) in [6, 6.07) is 12.0. The van der Waals surface area contributed by atoms with Crippen molar-refractivity contribution in [2.75, 3.05) is 19.8 Å². The second kappa shape index (κ2) is 18.2. The Labute approximate surface area is 168 Å². The van der Waals surface area contributed by atoms with Crippen LogP contribution in [0.1, 0.15) is 72.6 Å². The average molecular weight is 379 g/mol. The Hall–Kier alpha value is -1.16. The second-order valence-corrected chi connectivity index (χ2v) is 6.46. The van der Waals surface area contributed by atoms with E-state index in [0.29, 0.717) is 19.8 Å². The molecule has 0 saturated carbocycles. The number of hydrogen-bond donors (Lipinski definition) is 0. The third-order valence-electron chi connectivity index (χ3n) is 4.31. The summed E-state index contributed by atoms with van der Waals surface area (Å²) in [4.78, 5) is 0. The van der Waals surface area contributed by atoms with Crippen molar-refractivity contribution in [2.24, 2.45) is 5.92 Å². The molecule has 1 atom stereocenters.